The second kappa shape index (κ2) is 4.35. The maximum atomic E-state index is 12.7. The van der Waals surface area contributed by atoms with Crippen LogP contribution in [0.1, 0.15) is 26.3 Å². The maximum Gasteiger partial charge on any atom is 0.260 e. The number of nitrogens with zero attached hydrogens (tertiary/aromatic N) is 1. The molecule has 106 valence electrons. The number of hydrogen-bond donors (Lipinski definition) is 1. The Kier molecular flexibility index (Phi) is 2.87. The summed E-state index contributed by atoms with van der Waals surface area (Å²) in [6, 6.07) is 9.54. The first-order valence-corrected chi connectivity index (χ1v) is 6.89. The number of methoxy groups -OCH3 is 1. The van der Waals surface area contributed by atoms with Gasteiger partial charge in [-0.2, -0.15) is 0 Å². The molecule has 1 aliphatic carbocycles. The maximum absolute atomic E-state index is 12.7. The Hall–Kier alpha value is -1.81. The van der Waals surface area contributed by atoms with Gasteiger partial charge in [0.25, 0.3) is 5.56 Å². The summed E-state index contributed by atoms with van der Waals surface area (Å²) >= 11 is 0. The van der Waals surface area contributed by atoms with E-state index in [1.807, 2.05) is 30.3 Å². The van der Waals surface area contributed by atoms with Gasteiger partial charge >= 0.3 is 0 Å². The van der Waals surface area contributed by atoms with Crippen LogP contribution in [0.5, 0.6) is 0 Å². The highest BCUT2D eigenvalue weighted by Crippen LogP contribution is 2.51. The molecule has 0 saturated heterocycles. The van der Waals surface area contributed by atoms with Crippen LogP contribution >= 0.6 is 0 Å². The molecule has 1 fully saturated rings. The fraction of sp³-hybridized carbons (Fsp3) is 0.438. The number of hydrogen-bond acceptors (Lipinski definition) is 3. The number of rotatable bonds is 2. The molecule has 0 aliphatic heterocycles. The fourth-order valence-corrected chi connectivity index (χ4v) is 3.32. The molecule has 0 spiro atoms. The summed E-state index contributed by atoms with van der Waals surface area (Å²) < 4.78 is 7.20. The molecule has 1 aliphatic rings. The van der Waals surface area contributed by atoms with Crippen molar-refractivity contribution in [2.45, 2.75) is 32.4 Å². The number of pyridine rings is 1. The Bertz CT molecular complexity index is 718. The minimum Gasteiger partial charge on any atom is -0.385 e. The summed E-state index contributed by atoms with van der Waals surface area (Å²) in [7, 11) is 1.72. The number of nitrogens with two attached hydrogens (primary N) is 1. The van der Waals surface area contributed by atoms with Crippen molar-refractivity contribution in [3.05, 3.63) is 40.7 Å². The standard InChI is InChI=1S/C16H20N2O2/c1-16(2)12(9-13(16)20-3)18-14(17)8-10-6-4-5-7-11(10)15(18)19/h4-8,12-13H,9,17H2,1-3H3. The monoisotopic (exact) mass is 272 g/mol. The zero-order valence-corrected chi connectivity index (χ0v) is 12.1. The molecule has 2 atom stereocenters. The molecule has 20 heavy (non-hydrogen) atoms. The Morgan fingerprint density at radius 1 is 1.35 bits per heavy atom. The molecule has 4 heteroatoms. The van der Waals surface area contributed by atoms with Crippen molar-refractivity contribution in [1.82, 2.24) is 4.57 Å². The summed E-state index contributed by atoms with van der Waals surface area (Å²) in [4.78, 5) is 12.7. The molecule has 2 unspecified atom stereocenters. The second-order valence-corrected chi connectivity index (χ2v) is 6.13. The van der Waals surface area contributed by atoms with Crippen LogP contribution in [0, 0.1) is 5.41 Å². The summed E-state index contributed by atoms with van der Waals surface area (Å²) in [6.07, 6.45) is 0.997. The summed E-state index contributed by atoms with van der Waals surface area (Å²) in [6.45, 7) is 4.24. The van der Waals surface area contributed by atoms with Crippen molar-refractivity contribution in [2.75, 3.05) is 12.8 Å². The van der Waals surface area contributed by atoms with Gasteiger partial charge in [0, 0.05) is 24.0 Å². The zero-order chi connectivity index (χ0) is 14.5. The average molecular weight is 272 g/mol. The Labute approximate surface area is 118 Å². The fourth-order valence-electron chi connectivity index (χ4n) is 3.32. The molecule has 1 aromatic carbocycles. The van der Waals surface area contributed by atoms with Crippen LogP contribution in [0.25, 0.3) is 10.8 Å². The molecule has 0 bridgehead atoms. The zero-order valence-electron chi connectivity index (χ0n) is 12.1. The number of fused-ring (bicyclic) bond motifs is 1. The van der Waals surface area contributed by atoms with Crippen LogP contribution in [0.4, 0.5) is 5.82 Å². The first-order valence-electron chi connectivity index (χ1n) is 6.89. The van der Waals surface area contributed by atoms with E-state index in [2.05, 4.69) is 13.8 Å². The molecule has 1 saturated carbocycles. The van der Waals surface area contributed by atoms with E-state index >= 15 is 0 Å². The normalized spacial score (nSPS) is 24.6. The van der Waals surface area contributed by atoms with Crippen molar-refractivity contribution < 1.29 is 4.74 Å². The number of anilines is 1. The lowest BCUT2D eigenvalue weighted by Crippen LogP contribution is -2.53. The third kappa shape index (κ3) is 1.68. The quantitative estimate of drug-likeness (QED) is 0.914. The highest BCUT2D eigenvalue weighted by Gasteiger charge is 2.50. The van der Waals surface area contributed by atoms with Gasteiger partial charge in [0.15, 0.2) is 0 Å². The molecule has 1 aromatic heterocycles. The predicted molar refractivity (Wildman–Crippen MR) is 80.9 cm³/mol. The van der Waals surface area contributed by atoms with E-state index in [1.54, 1.807) is 11.7 Å². The van der Waals surface area contributed by atoms with Crippen LogP contribution in [0.2, 0.25) is 0 Å². The van der Waals surface area contributed by atoms with Gasteiger partial charge < -0.3 is 10.5 Å². The van der Waals surface area contributed by atoms with Gasteiger partial charge in [0.1, 0.15) is 5.82 Å². The van der Waals surface area contributed by atoms with Gasteiger partial charge in [-0.15, -0.1) is 0 Å². The lowest BCUT2D eigenvalue weighted by Gasteiger charge is -2.51. The van der Waals surface area contributed by atoms with Crippen LogP contribution in [0.15, 0.2) is 35.1 Å². The number of nitrogen functional groups attached to an aromatic ring is 1. The molecular formula is C16H20N2O2. The highest BCUT2D eigenvalue weighted by atomic mass is 16.5. The smallest absolute Gasteiger partial charge is 0.260 e. The van der Waals surface area contributed by atoms with Crippen molar-refractivity contribution in [1.29, 1.82) is 0 Å². The molecular weight excluding hydrogens is 252 g/mol. The van der Waals surface area contributed by atoms with E-state index in [0.717, 1.165) is 17.2 Å². The Morgan fingerprint density at radius 3 is 2.70 bits per heavy atom. The lowest BCUT2D eigenvalue weighted by molar-refractivity contribution is -0.112. The van der Waals surface area contributed by atoms with Gasteiger partial charge in [0.2, 0.25) is 0 Å². The van der Waals surface area contributed by atoms with Crippen molar-refractivity contribution in [3.63, 3.8) is 0 Å². The molecule has 2 aromatic rings. The van der Waals surface area contributed by atoms with Gasteiger partial charge in [-0.1, -0.05) is 32.0 Å². The van der Waals surface area contributed by atoms with Gasteiger partial charge in [-0.05, 0) is 23.9 Å². The highest BCUT2D eigenvalue weighted by molar-refractivity contribution is 5.83. The molecule has 4 nitrogen and oxygen atoms in total. The van der Waals surface area contributed by atoms with E-state index in [1.165, 1.54) is 0 Å². The third-order valence-corrected chi connectivity index (χ3v) is 4.71. The molecule has 0 amide bonds. The molecule has 2 N–H and O–H groups in total. The summed E-state index contributed by atoms with van der Waals surface area (Å²) in [5, 5.41) is 1.62. The van der Waals surface area contributed by atoms with Crippen molar-refractivity contribution >= 4 is 16.6 Å². The molecule has 3 rings (SSSR count). The van der Waals surface area contributed by atoms with E-state index in [-0.39, 0.29) is 23.1 Å². The van der Waals surface area contributed by atoms with E-state index in [0.29, 0.717) is 5.82 Å². The minimum absolute atomic E-state index is 0.00627. The van der Waals surface area contributed by atoms with Gasteiger partial charge in [0.05, 0.1) is 6.10 Å². The first-order chi connectivity index (χ1) is 9.46. The molecule has 1 heterocycles. The van der Waals surface area contributed by atoms with E-state index < -0.39 is 0 Å². The summed E-state index contributed by atoms with van der Waals surface area (Å²) in [5.74, 6) is 0.529. The van der Waals surface area contributed by atoms with Crippen LogP contribution < -0.4 is 11.3 Å². The average Bonchev–Trinajstić information content (AvgIpc) is 2.41. The SMILES string of the molecule is COC1CC(n2c(N)cc3ccccc3c2=O)C1(C)C. The number of benzene rings is 1. The Morgan fingerprint density at radius 2 is 2.05 bits per heavy atom. The van der Waals surface area contributed by atoms with E-state index in [9.17, 15) is 4.79 Å². The van der Waals surface area contributed by atoms with Gasteiger partial charge in [-0.25, -0.2) is 0 Å². The van der Waals surface area contributed by atoms with Crippen molar-refractivity contribution in [3.8, 4) is 0 Å². The van der Waals surface area contributed by atoms with Crippen LogP contribution in [-0.4, -0.2) is 17.8 Å². The largest absolute Gasteiger partial charge is 0.385 e. The third-order valence-electron chi connectivity index (χ3n) is 4.71. The van der Waals surface area contributed by atoms with Crippen LogP contribution in [-0.2, 0) is 4.74 Å². The predicted octanol–water partition coefficient (Wildman–Crippen LogP) is 2.57. The number of aromatic nitrogens is 1. The minimum atomic E-state index is -0.0881. The van der Waals surface area contributed by atoms with E-state index in [4.69, 9.17) is 10.5 Å². The lowest BCUT2D eigenvalue weighted by atomic mass is 9.64. The van der Waals surface area contributed by atoms with Crippen LogP contribution in [0.3, 0.4) is 0 Å². The summed E-state index contributed by atoms with van der Waals surface area (Å²) in [5.41, 5.74) is 6.03. The van der Waals surface area contributed by atoms with Crippen molar-refractivity contribution in [2.24, 2.45) is 5.41 Å². The first kappa shape index (κ1) is 13.2. The number of ether oxygens (including phenoxy) is 1. The second-order valence-electron chi connectivity index (χ2n) is 6.13. The van der Waals surface area contributed by atoms with Gasteiger partial charge in [-0.3, -0.25) is 9.36 Å². The topological polar surface area (TPSA) is 57.2 Å². The Balaban J connectivity index is 2.16. The molecule has 0 radical (unpaired) electrons.